The number of ether oxygens (including phenoxy) is 3. The molecule has 0 saturated carbocycles. The molecule has 0 saturated heterocycles. The van der Waals surface area contributed by atoms with Crippen LogP contribution in [0.15, 0.2) is 66.9 Å². The SMILES string of the molecule is CC(C)n1nccc1[C@@H](Cc1ccc(Cl)cc1)[C@@H](CC=O)OCCCOCOCc1ccccc1. The van der Waals surface area contributed by atoms with Crippen LogP contribution in [0.1, 0.15) is 55.5 Å². The van der Waals surface area contributed by atoms with Crippen LogP contribution in [0, 0.1) is 0 Å². The monoisotopic (exact) mass is 498 g/mol. The Morgan fingerprint density at radius 3 is 2.46 bits per heavy atom. The summed E-state index contributed by atoms with van der Waals surface area (Å²) in [5.41, 5.74) is 3.31. The maximum atomic E-state index is 11.6. The van der Waals surface area contributed by atoms with E-state index in [0.717, 1.165) is 29.5 Å². The van der Waals surface area contributed by atoms with Crippen molar-refractivity contribution in [2.45, 2.75) is 57.8 Å². The Balaban J connectivity index is 1.55. The molecule has 0 aliphatic rings. The van der Waals surface area contributed by atoms with Crippen molar-refractivity contribution >= 4 is 17.9 Å². The molecule has 0 fully saturated rings. The molecule has 0 aliphatic heterocycles. The van der Waals surface area contributed by atoms with E-state index < -0.39 is 0 Å². The van der Waals surface area contributed by atoms with Crippen molar-refractivity contribution in [3.05, 3.63) is 88.7 Å². The van der Waals surface area contributed by atoms with Gasteiger partial charge in [0, 0.05) is 41.9 Å². The van der Waals surface area contributed by atoms with Crippen LogP contribution in [0.3, 0.4) is 0 Å². The summed E-state index contributed by atoms with van der Waals surface area (Å²) in [6, 6.07) is 20.0. The van der Waals surface area contributed by atoms with Gasteiger partial charge in [-0.2, -0.15) is 5.10 Å². The number of aldehydes is 1. The minimum Gasteiger partial charge on any atom is -0.377 e. The summed E-state index contributed by atoms with van der Waals surface area (Å²) in [6.45, 7) is 5.97. The summed E-state index contributed by atoms with van der Waals surface area (Å²) in [6.07, 6.45) is 4.21. The van der Waals surface area contributed by atoms with Gasteiger partial charge >= 0.3 is 0 Å². The van der Waals surface area contributed by atoms with Crippen molar-refractivity contribution in [3.63, 3.8) is 0 Å². The average Bonchev–Trinajstić information content (AvgIpc) is 3.35. The largest absolute Gasteiger partial charge is 0.377 e. The molecule has 35 heavy (non-hydrogen) atoms. The molecule has 0 amide bonds. The Morgan fingerprint density at radius 2 is 1.74 bits per heavy atom. The topological polar surface area (TPSA) is 62.6 Å². The highest BCUT2D eigenvalue weighted by Gasteiger charge is 2.28. The Bertz CT molecular complexity index is 992. The van der Waals surface area contributed by atoms with Gasteiger partial charge in [-0.15, -0.1) is 0 Å². The zero-order valence-corrected chi connectivity index (χ0v) is 21.3. The minimum atomic E-state index is -0.272. The number of aromatic nitrogens is 2. The van der Waals surface area contributed by atoms with Crippen LogP contribution >= 0.6 is 11.6 Å². The second-order valence-corrected chi connectivity index (χ2v) is 9.19. The summed E-state index contributed by atoms with van der Waals surface area (Å²) < 4.78 is 19.4. The number of benzene rings is 2. The Morgan fingerprint density at radius 1 is 0.971 bits per heavy atom. The van der Waals surface area contributed by atoms with Crippen molar-refractivity contribution in [2.24, 2.45) is 0 Å². The van der Waals surface area contributed by atoms with E-state index in [4.69, 9.17) is 25.8 Å². The number of carbonyl (C=O) groups is 1. The molecule has 0 aliphatic carbocycles. The predicted octanol–water partition coefficient (Wildman–Crippen LogP) is 6.00. The zero-order valence-electron chi connectivity index (χ0n) is 20.5. The van der Waals surface area contributed by atoms with E-state index in [9.17, 15) is 4.79 Å². The molecule has 1 aromatic heterocycles. The third-order valence-electron chi connectivity index (χ3n) is 5.76. The van der Waals surface area contributed by atoms with E-state index in [2.05, 4.69) is 18.9 Å². The summed E-state index contributed by atoms with van der Waals surface area (Å²) in [5, 5.41) is 5.21. The molecular weight excluding hydrogens is 464 g/mol. The van der Waals surface area contributed by atoms with E-state index in [1.807, 2.05) is 71.5 Å². The van der Waals surface area contributed by atoms with E-state index in [-0.39, 0.29) is 24.9 Å². The maximum absolute atomic E-state index is 11.6. The fourth-order valence-corrected chi connectivity index (χ4v) is 4.17. The van der Waals surface area contributed by atoms with Crippen LogP contribution in [0.2, 0.25) is 5.02 Å². The molecule has 0 N–H and O–H groups in total. The van der Waals surface area contributed by atoms with E-state index in [0.29, 0.717) is 37.7 Å². The van der Waals surface area contributed by atoms with Gasteiger partial charge < -0.3 is 19.0 Å². The number of nitrogens with zero attached hydrogens (tertiary/aromatic N) is 2. The smallest absolute Gasteiger partial charge is 0.147 e. The van der Waals surface area contributed by atoms with Gasteiger partial charge in [-0.05, 0) is 56.0 Å². The molecular formula is C28H35ClN2O4. The van der Waals surface area contributed by atoms with Crippen LogP contribution in [0.5, 0.6) is 0 Å². The molecule has 3 rings (SSSR count). The van der Waals surface area contributed by atoms with Crippen LogP contribution < -0.4 is 0 Å². The highest BCUT2D eigenvalue weighted by molar-refractivity contribution is 6.30. The molecule has 2 atom stereocenters. The molecule has 6 nitrogen and oxygen atoms in total. The molecule has 1 heterocycles. The number of carbonyl (C=O) groups excluding carboxylic acids is 1. The molecule has 0 spiro atoms. The van der Waals surface area contributed by atoms with E-state index >= 15 is 0 Å². The first-order chi connectivity index (χ1) is 17.1. The van der Waals surface area contributed by atoms with Crippen LogP contribution in [-0.4, -0.2) is 42.2 Å². The lowest BCUT2D eigenvalue weighted by molar-refractivity contribution is -0.111. The second kappa shape index (κ2) is 14.8. The van der Waals surface area contributed by atoms with Crippen molar-refractivity contribution < 1.29 is 19.0 Å². The molecule has 0 unspecified atom stereocenters. The fourth-order valence-electron chi connectivity index (χ4n) is 4.04. The van der Waals surface area contributed by atoms with Gasteiger partial charge in [0.1, 0.15) is 13.1 Å². The van der Waals surface area contributed by atoms with E-state index in [1.54, 1.807) is 0 Å². The Hall–Kier alpha value is -2.51. The fraction of sp³-hybridized carbons (Fsp3) is 0.429. The summed E-state index contributed by atoms with van der Waals surface area (Å²) >= 11 is 6.08. The lowest BCUT2D eigenvalue weighted by Crippen LogP contribution is -2.28. The first-order valence-electron chi connectivity index (χ1n) is 12.1. The molecule has 3 aromatic rings. The zero-order chi connectivity index (χ0) is 24.9. The van der Waals surface area contributed by atoms with Crippen molar-refractivity contribution in [1.82, 2.24) is 9.78 Å². The molecule has 188 valence electrons. The van der Waals surface area contributed by atoms with Gasteiger partial charge in [-0.3, -0.25) is 4.68 Å². The number of hydrogen-bond donors (Lipinski definition) is 0. The second-order valence-electron chi connectivity index (χ2n) is 8.76. The van der Waals surface area contributed by atoms with E-state index in [1.165, 1.54) is 0 Å². The molecule has 0 radical (unpaired) electrons. The lowest BCUT2D eigenvalue weighted by atomic mass is 9.89. The molecule has 0 bridgehead atoms. The van der Waals surface area contributed by atoms with Gasteiger partial charge in [-0.25, -0.2) is 0 Å². The standard InChI is InChI=1S/C28H35ClN2O4/c1-22(2)31-27(13-15-30-31)26(19-23-9-11-25(29)12-10-23)28(14-16-32)35-18-6-17-33-21-34-20-24-7-4-3-5-8-24/h3-5,7-13,15-16,22,26,28H,6,14,17-21H2,1-2H3/t26-,28-/m1/s1. The van der Waals surface area contributed by atoms with Crippen LogP contribution in [0.25, 0.3) is 0 Å². The third-order valence-corrected chi connectivity index (χ3v) is 6.01. The van der Waals surface area contributed by atoms with Crippen molar-refractivity contribution in [3.8, 4) is 0 Å². The minimum absolute atomic E-state index is 0.0265. The average molecular weight is 499 g/mol. The van der Waals surface area contributed by atoms with Gasteiger partial charge in [-0.1, -0.05) is 54.1 Å². The number of hydrogen-bond acceptors (Lipinski definition) is 5. The third kappa shape index (κ3) is 8.89. The Labute approximate surface area is 213 Å². The molecule has 7 heteroatoms. The van der Waals surface area contributed by atoms with Gasteiger partial charge in [0.05, 0.1) is 19.3 Å². The first kappa shape index (κ1) is 27.1. The van der Waals surface area contributed by atoms with Crippen molar-refractivity contribution in [2.75, 3.05) is 20.0 Å². The van der Waals surface area contributed by atoms with Gasteiger partial charge in [0.2, 0.25) is 0 Å². The molecule has 2 aromatic carbocycles. The number of rotatable bonds is 16. The normalized spacial score (nSPS) is 13.1. The predicted molar refractivity (Wildman–Crippen MR) is 138 cm³/mol. The first-order valence-corrected chi connectivity index (χ1v) is 12.5. The quantitative estimate of drug-likeness (QED) is 0.138. The highest BCUT2D eigenvalue weighted by atomic mass is 35.5. The van der Waals surface area contributed by atoms with Gasteiger partial charge in [0.15, 0.2) is 0 Å². The summed E-state index contributed by atoms with van der Waals surface area (Å²) in [7, 11) is 0. The maximum Gasteiger partial charge on any atom is 0.147 e. The number of halogens is 1. The Kier molecular flexibility index (Phi) is 11.4. The lowest BCUT2D eigenvalue weighted by Gasteiger charge is -2.28. The summed E-state index contributed by atoms with van der Waals surface area (Å²) in [5.74, 6) is -0.0265. The van der Waals surface area contributed by atoms with Crippen molar-refractivity contribution in [1.29, 1.82) is 0 Å². The van der Waals surface area contributed by atoms with Gasteiger partial charge in [0.25, 0.3) is 0 Å². The van der Waals surface area contributed by atoms with Crippen LogP contribution in [-0.2, 0) is 32.0 Å². The van der Waals surface area contributed by atoms with Crippen LogP contribution in [0.4, 0.5) is 0 Å². The summed E-state index contributed by atoms with van der Waals surface area (Å²) in [4.78, 5) is 11.6. The highest BCUT2D eigenvalue weighted by Crippen LogP contribution is 2.30.